The predicted octanol–water partition coefficient (Wildman–Crippen LogP) is -2.98. The highest BCUT2D eigenvalue weighted by molar-refractivity contribution is 5.75. The Morgan fingerprint density at radius 3 is 2.05 bits per heavy atom. The van der Waals surface area contributed by atoms with E-state index in [4.69, 9.17) is 30.3 Å². The first-order valence-electron chi connectivity index (χ1n) is 5.57. The van der Waals surface area contributed by atoms with Crippen molar-refractivity contribution in [3.05, 3.63) is 0 Å². The van der Waals surface area contributed by atoms with Gasteiger partial charge in [-0.25, -0.2) is 9.59 Å². The molecule has 10 nitrogen and oxygen atoms in total. The predicted molar refractivity (Wildman–Crippen MR) is 62.0 cm³/mol. The number of aliphatic hydroxyl groups excluding tert-OH is 3. The molecule has 1 saturated heterocycles. The standard InChI is InChI=1S/C8H13NO6.C2H4O3/c10-4-1-5(7(12)13)9(2-4)3-6(11)8(14)15;3-1-2(4)5/h4-6,10-11H,1-3H2,(H,12,13)(H,14,15);3H,1H2,(H,4,5)/t4-,5+,6?;/m1./s1. The second-order valence-corrected chi connectivity index (χ2v) is 4.10. The number of β-amino-alcohol motifs (C(OH)–C–C–N with tert-alkyl or cyclic N) is 2. The smallest absolute Gasteiger partial charge is 0.333 e. The molecule has 0 aliphatic carbocycles. The molecule has 1 heterocycles. The van der Waals surface area contributed by atoms with E-state index in [2.05, 4.69) is 0 Å². The van der Waals surface area contributed by atoms with Crippen LogP contribution in [0, 0.1) is 0 Å². The molecule has 116 valence electrons. The molecule has 1 fully saturated rings. The van der Waals surface area contributed by atoms with Gasteiger partial charge in [-0.1, -0.05) is 0 Å². The first-order valence-corrected chi connectivity index (χ1v) is 5.57. The lowest BCUT2D eigenvalue weighted by atomic mass is 10.2. The molecule has 0 amide bonds. The molecule has 1 rings (SSSR count). The molecule has 0 aromatic rings. The van der Waals surface area contributed by atoms with Crippen molar-refractivity contribution in [1.82, 2.24) is 4.90 Å². The lowest BCUT2D eigenvalue weighted by Crippen LogP contribution is -2.43. The van der Waals surface area contributed by atoms with Gasteiger partial charge in [0.2, 0.25) is 0 Å². The van der Waals surface area contributed by atoms with Gasteiger partial charge in [0.25, 0.3) is 0 Å². The number of carboxylic acid groups (broad SMARTS) is 3. The Balaban J connectivity index is 0.000000621. The van der Waals surface area contributed by atoms with Gasteiger partial charge in [-0.2, -0.15) is 0 Å². The van der Waals surface area contributed by atoms with Gasteiger partial charge in [0.1, 0.15) is 12.6 Å². The summed E-state index contributed by atoms with van der Waals surface area (Å²) >= 11 is 0. The topological polar surface area (TPSA) is 176 Å². The van der Waals surface area contributed by atoms with E-state index >= 15 is 0 Å². The Morgan fingerprint density at radius 1 is 1.20 bits per heavy atom. The molecule has 0 aromatic heterocycles. The zero-order chi connectivity index (χ0) is 15.9. The fraction of sp³-hybridized carbons (Fsp3) is 0.700. The van der Waals surface area contributed by atoms with Crippen LogP contribution in [0.2, 0.25) is 0 Å². The van der Waals surface area contributed by atoms with E-state index in [1.54, 1.807) is 0 Å². The molecule has 0 spiro atoms. The van der Waals surface area contributed by atoms with Crippen LogP contribution >= 0.6 is 0 Å². The van der Waals surface area contributed by atoms with Crippen LogP contribution in [0.1, 0.15) is 6.42 Å². The minimum Gasteiger partial charge on any atom is -0.480 e. The van der Waals surface area contributed by atoms with Gasteiger partial charge in [-0.05, 0) is 0 Å². The number of likely N-dealkylation sites (tertiary alicyclic amines) is 1. The molecule has 1 aliphatic rings. The van der Waals surface area contributed by atoms with Gasteiger partial charge >= 0.3 is 17.9 Å². The lowest BCUT2D eigenvalue weighted by molar-refractivity contribution is -0.150. The number of carboxylic acids is 3. The number of aliphatic carboxylic acids is 3. The van der Waals surface area contributed by atoms with Gasteiger partial charge in [0, 0.05) is 19.5 Å². The summed E-state index contributed by atoms with van der Waals surface area (Å²) in [5, 5.41) is 50.5. The quantitative estimate of drug-likeness (QED) is 0.306. The van der Waals surface area contributed by atoms with Crippen molar-refractivity contribution in [2.24, 2.45) is 0 Å². The minimum atomic E-state index is -1.63. The number of carbonyl (C=O) groups is 3. The lowest BCUT2D eigenvalue weighted by Gasteiger charge is -2.21. The summed E-state index contributed by atoms with van der Waals surface area (Å²) in [6.45, 7) is -0.995. The SMILES string of the molecule is O=C(O)C(O)CN1C[C@H](O)C[C@H]1C(=O)O.O=C(O)CO. The first kappa shape index (κ1) is 18.2. The van der Waals surface area contributed by atoms with Crippen LogP contribution in [-0.4, -0.2) is 91.4 Å². The number of hydrogen-bond donors (Lipinski definition) is 6. The molecule has 0 radical (unpaired) electrons. The van der Waals surface area contributed by atoms with Gasteiger partial charge < -0.3 is 30.6 Å². The van der Waals surface area contributed by atoms with Crippen molar-refractivity contribution < 1.29 is 45.0 Å². The number of aliphatic hydroxyl groups is 3. The third-order valence-electron chi connectivity index (χ3n) is 2.49. The van der Waals surface area contributed by atoms with Gasteiger partial charge in [-0.3, -0.25) is 9.69 Å². The molecule has 10 heteroatoms. The van der Waals surface area contributed by atoms with Crippen molar-refractivity contribution >= 4 is 17.9 Å². The van der Waals surface area contributed by atoms with Crippen LogP contribution < -0.4 is 0 Å². The first-order chi connectivity index (χ1) is 9.18. The summed E-state index contributed by atoms with van der Waals surface area (Å²) in [5.41, 5.74) is 0. The Kier molecular flexibility index (Phi) is 7.69. The highest BCUT2D eigenvalue weighted by Crippen LogP contribution is 2.18. The normalized spacial score (nSPS) is 23.6. The third-order valence-corrected chi connectivity index (χ3v) is 2.49. The van der Waals surface area contributed by atoms with Crippen LogP contribution in [0.25, 0.3) is 0 Å². The van der Waals surface area contributed by atoms with Crippen molar-refractivity contribution in [1.29, 1.82) is 0 Å². The maximum Gasteiger partial charge on any atom is 0.333 e. The second-order valence-electron chi connectivity index (χ2n) is 4.10. The highest BCUT2D eigenvalue weighted by atomic mass is 16.4. The molecule has 3 atom stereocenters. The van der Waals surface area contributed by atoms with Gasteiger partial charge in [0.15, 0.2) is 6.10 Å². The summed E-state index contributed by atoms with van der Waals surface area (Å²) in [7, 11) is 0. The number of nitrogens with zero attached hydrogens (tertiary/aromatic N) is 1. The summed E-state index contributed by atoms with van der Waals surface area (Å²) in [6.07, 6.45) is -2.36. The molecular weight excluding hydrogens is 278 g/mol. The molecule has 0 bridgehead atoms. The van der Waals surface area contributed by atoms with Gasteiger partial charge in [0.05, 0.1) is 6.10 Å². The average Bonchev–Trinajstić information content (AvgIpc) is 2.71. The molecule has 1 unspecified atom stereocenters. The van der Waals surface area contributed by atoms with E-state index in [0.29, 0.717) is 0 Å². The number of hydrogen-bond acceptors (Lipinski definition) is 7. The van der Waals surface area contributed by atoms with Crippen LogP contribution in [0.5, 0.6) is 0 Å². The Hall–Kier alpha value is -1.75. The van der Waals surface area contributed by atoms with Crippen molar-refractivity contribution in [3.63, 3.8) is 0 Å². The molecule has 1 aliphatic heterocycles. The molecule has 20 heavy (non-hydrogen) atoms. The molecular formula is C10H17NO9. The Labute approximate surface area is 113 Å². The average molecular weight is 295 g/mol. The van der Waals surface area contributed by atoms with E-state index < -0.39 is 42.8 Å². The van der Waals surface area contributed by atoms with Crippen LogP contribution in [0.3, 0.4) is 0 Å². The van der Waals surface area contributed by atoms with Crippen molar-refractivity contribution in [2.75, 3.05) is 19.7 Å². The fourth-order valence-electron chi connectivity index (χ4n) is 1.64. The van der Waals surface area contributed by atoms with Crippen LogP contribution in [-0.2, 0) is 14.4 Å². The Bertz CT molecular complexity index is 359. The zero-order valence-corrected chi connectivity index (χ0v) is 10.4. The number of rotatable bonds is 5. The maximum absolute atomic E-state index is 10.7. The summed E-state index contributed by atoms with van der Waals surface area (Å²) in [4.78, 5) is 31.5. The summed E-state index contributed by atoms with van der Waals surface area (Å²) in [5.74, 6) is -3.71. The van der Waals surface area contributed by atoms with Gasteiger partial charge in [-0.15, -0.1) is 0 Å². The third kappa shape index (κ3) is 6.43. The molecule has 6 N–H and O–H groups in total. The summed E-state index contributed by atoms with van der Waals surface area (Å²) in [6, 6.07) is -0.922. The van der Waals surface area contributed by atoms with E-state index in [1.165, 1.54) is 4.90 Å². The van der Waals surface area contributed by atoms with E-state index in [1.807, 2.05) is 0 Å². The fourth-order valence-corrected chi connectivity index (χ4v) is 1.64. The summed E-state index contributed by atoms with van der Waals surface area (Å²) < 4.78 is 0. The Morgan fingerprint density at radius 2 is 1.70 bits per heavy atom. The van der Waals surface area contributed by atoms with E-state index in [0.717, 1.165) is 0 Å². The minimum absolute atomic E-state index is 0.0572. The second kappa shape index (κ2) is 8.43. The molecule has 0 aromatic carbocycles. The van der Waals surface area contributed by atoms with E-state index in [9.17, 15) is 14.7 Å². The zero-order valence-electron chi connectivity index (χ0n) is 10.4. The largest absolute Gasteiger partial charge is 0.480 e. The van der Waals surface area contributed by atoms with Crippen LogP contribution in [0.15, 0.2) is 0 Å². The van der Waals surface area contributed by atoms with Crippen LogP contribution in [0.4, 0.5) is 0 Å². The highest BCUT2D eigenvalue weighted by Gasteiger charge is 2.37. The van der Waals surface area contributed by atoms with E-state index in [-0.39, 0.29) is 19.5 Å². The monoisotopic (exact) mass is 295 g/mol. The molecule has 0 saturated carbocycles. The van der Waals surface area contributed by atoms with Crippen molar-refractivity contribution in [2.45, 2.75) is 24.7 Å². The van der Waals surface area contributed by atoms with Crippen molar-refractivity contribution in [3.8, 4) is 0 Å². The maximum atomic E-state index is 10.7.